The number of primary amides is 1. The summed E-state index contributed by atoms with van der Waals surface area (Å²) in [6.07, 6.45) is 2.18. The third-order valence-electron chi connectivity index (χ3n) is 4.18. The molecule has 10 heteroatoms. The summed E-state index contributed by atoms with van der Waals surface area (Å²) in [6.45, 7) is 0. The maximum Gasteiger partial charge on any atom is 0.326 e. The summed E-state index contributed by atoms with van der Waals surface area (Å²) in [6, 6.07) is 5.91. The van der Waals surface area contributed by atoms with Crippen LogP contribution in [-0.2, 0) is 25.6 Å². The van der Waals surface area contributed by atoms with E-state index in [0.29, 0.717) is 12.2 Å². The predicted octanol–water partition coefficient (Wildman–Crippen LogP) is -0.371. The van der Waals surface area contributed by atoms with Crippen molar-refractivity contribution in [2.75, 3.05) is 12.0 Å². The van der Waals surface area contributed by atoms with Crippen LogP contribution >= 0.6 is 11.8 Å². The molecule has 160 valence electrons. The molecule has 0 heterocycles. The Morgan fingerprint density at radius 3 is 2.21 bits per heavy atom. The molecular formula is C19H28N4O5S. The summed E-state index contributed by atoms with van der Waals surface area (Å²) < 4.78 is 0. The number of carboxylic acids is 1. The first-order valence-corrected chi connectivity index (χ1v) is 10.5. The number of carboxylic acid groups (broad SMARTS) is 1. The highest BCUT2D eigenvalue weighted by Crippen LogP contribution is 2.07. The second-order valence-corrected chi connectivity index (χ2v) is 7.53. The monoisotopic (exact) mass is 424 g/mol. The molecule has 0 aliphatic heterocycles. The summed E-state index contributed by atoms with van der Waals surface area (Å²) in [4.78, 5) is 47.5. The second kappa shape index (κ2) is 12.8. The van der Waals surface area contributed by atoms with Crippen LogP contribution in [0.15, 0.2) is 30.3 Å². The van der Waals surface area contributed by atoms with E-state index < -0.39 is 41.8 Å². The smallest absolute Gasteiger partial charge is 0.326 e. The zero-order valence-corrected chi connectivity index (χ0v) is 17.1. The van der Waals surface area contributed by atoms with Gasteiger partial charge in [-0.25, -0.2) is 4.79 Å². The van der Waals surface area contributed by atoms with Crippen molar-refractivity contribution < 1.29 is 24.3 Å². The maximum absolute atomic E-state index is 12.7. The van der Waals surface area contributed by atoms with E-state index in [2.05, 4.69) is 10.6 Å². The zero-order valence-electron chi connectivity index (χ0n) is 16.3. The van der Waals surface area contributed by atoms with Crippen molar-refractivity contribution in [1.82, 2.24) is 10.6 Å². The Morgan fingerprint density at radius 2 is 1.66 bits per heavy atom. The van der Waals surface area contributed by atoms with Crippen LogP contribution in [0.3, 0.4) is 0 Å². The van der Waals surface area contributed by atoms with Gasteiger partial charge in [-0.3, -0.25) is 14.4 Å². The Morgan fingerprint density at radius 1 is 1.03 bits per heavy atom. The Bertz CT molecular complexity index is 701. The average Bonchev–Trinajstić information content (AvgIpc) is 2.68. The van der Waals surface area contributed by atoms with E-state index in [-0.39, 0.29) is 19.3 Å². The SMILES string of the molecule is CSCCC(N)C(=O)NC(Cc1ccccc1)C(=O)NC(CCC(N)=O)C(=O)O. The summed E-state index contributed by atoms with van der Waals surface area (Å²) >= 11 is 1.55. The summed E-state index contributed by atoms with van der Waals surface area (Å²) in [5, 5.41) is 14.3. The number of thioether (sulfide) groups is 1. The van der Waals surface area contributed by atoms with Gasteiger partial charge in [0.15, 0.2) is 0 Å². The molecule has 0 saturated carbocycles. The minimum atomic E-state index is -1.30. The van der Waals surface area contributed by atoms with Crippen LogP contribution in [-0.4, -0.2) is 58.9 Å². The van der Waals surface area contributed by atoms with Gasteiger partial charge in [-0.2, -0.15) is 11.8 Å². The van der Waals surface area contributed by atoms with Gasteiger partial charge in [0.2, 0.25) is 17.7 Å². The molecule has 0 aromatic heterocycles. The molecule has 9 nitrogen and oxygen atoms in total. The Kier molecular flexibility index (Phi) is 10.8. The van der Waals surface area contributed by atoms with Crippen molar-refractivity contribution in [2.24, 2.45) is 11.5 Å². The molecule has 3 unspecified atom stereocenters. The van der Waals surface area contributed by atoms with Crippen molar-refractivity contribution in [3.05, 3.63) is 35.9 Å². The Labute approximate surface area is 174 Å². The van der Waals surface area contributed by atoms with E-state index >= 15 is 0 Å². The van der Waals surface area contributed by atoms with Crippen molar-refractivity contribution >= 4 is 35.5 Å². The molecular weight excluding hydrogens is 396 g/mol. The van der Waals surface area contributed by atoms with Crippen LogP contribution in [0.25, 0.3) is 0 Å². The fourth-order valence-electron chi connectivity index (χ4n) is 2.53. The first-order chi connectivity index (χ1) is 13.7. The standard InChI is InChI=1S/C19H28N4O5S/c1-29-10-9-13(20)17(25)23-15(11-12-5-3-2-4-6-12)18(26)22-14(19(27)28)7-8-16(21)24/h2-6,13-15H,7-11,20H2,1H3,(H2,21,24)(H,22,26)(H,23,25)(H,27,28). The summed E-state index contributed by atoms with van der Waals surface area (Å²) in [5.74, 6) is -2.42. The molecule has 0 aliphatic rings. The lowest BCUT2D eigenvalue weighted by atomic mass is 10.0. The number of carbonyl (C=O) groups excluding carboxylic acids is 3. The molecule has 0 fully saturated rings. The zero-order chi connectivity index (χ0) is 21.8. The van der Waals surface area contributed by atoms with E-state index in [4.69, 9.17) is 11.5 Å². The lowest BCUT2D eigenvalue weighted by Gasteiger charge is -2.23. The normalized spacial score (nSPS) is 13.7. The van der Waals surface area contributed by atoms with Gasteiger partial charge in [-0.15, -0.1) is 0 Å². The van der Waals surface area contributed by atoms with E-state index in [1.165, 1.54) is 0 Å². The van der Waals surface area contributed by atoms with Gasteiger partial charge >= 0.3 is 5.97 Å². The lowest BCUT2D eigenvalue weighted by Crippen LogP contribution is -2.55. The molecule has 1 rings (SSSR count). The van der Waals surface area contributed by atoms with Crippen LogP contribution in [0.1, 0.15) is 24.8 Å². The highest BCUT2D eigenvalue weighted by Gasteiger charge is 2.28. The molecule has 0 saturated heterocycles. The van der Waals surface area contributed by atoms with E-state index in [0.717, 1.165) is 5.56 Å². The van der Waals surface area contributed by atoms with E-state index in [9.17, 15) is 24.3 Å². The quantitative estimate of drug-likeness (QED) is 0.288. The largest absolute Gasteiger partial charge is 0.480 e. The van der Waals surface area contributed by atoms with Crippen LogP contribution in [0.4, 0.5) is 0 Å². The number of benzene rings is 1. The predicted molar refractivity (Wildman–Crippen MR) is 111 cm³/mol. The molecule has 0 aliphatic carbocycles. The van der Waals surface area contributed by atoms with Crippen LogP contribution in [0.2, 0.25) is 0 Å². The number of carbonyl (C=O) groups is 4. The Hall–Kier alpha value is -2.59. The minimum absolute atomic E-state index is 0.143. The number of rotatable bonds is 13. The molecule has 0 radical (unpaired) electrons. The molecule has 29 heavy (non-hydrogen) atoms. The molecule has 1 aromatic carbocycles. The van der Waals surface area contributed by atoms with Gasteiger partial charge in [0.25, 0.3) is 0 Å². The minimum Gasteiger partial charge on any atom is -0.480 e. The van der Waals surface area contributed by atoms with Crippen LogP contribution in [0.5, 0.6) is 0 Å². The van der Waals surface area contributed by atoms with Crippen LogP contribution < -0.4 is 22.1 Å². The lowest BCUT2D eigenvalue weighted by molar-refractivity contribution is -0.142. The fraction of sp³-hybridized carbons (Fsp3) is 0.474. The fourth-order valence-corrected chi connectivity index (χ4v) is 3.02. The van der Waals surface area contributed by atoms with Gasteiger partial charge in [0, 0.05) is 12.8 Å². The summed E-state index contributed by atoms with van der Waals surface area (Å²) in [5.41, 5.74) is 11.7. The highest BCUT2D eigenvalue weighted by atomic mass is 32.2. The molecule has 7 N–H and O–H groups in total. The number of amides is 3. The maximum atomic E-state index is 12.7. The summed E-state index contributed by atoms with van der Waals surface area (Å²) in [7, 11) is 0. The number of nitrogens with two attached hydrogens (primary N) is 2. The molecule has 0 bridgehead atoms. The van der Waals surface area contributed by atoms with Crippen molar-refractivity contribution in [2.45, 2.75) is 43.8 Å². The van der Waals surface area contributed by atoms with Gasteiger partial charge in [0.05, 0.1) is 6.04 Å². The third kappa shape index (κ3) is 9.44. The van der Waals surface area contributed by atoms with Crippen LogP contribution in [0, 0.1) is 0 Å². The molecule has 3 atom stereocenters. The molecule has 0 spiro atoms. The van der Waals surface area contributed by atoms with Gasteiger partial charge < -0.3 is 27.2 Å². The topological polar surface area (TPSA) is 165 Å². The van der Waals surface area contributed by atoms with Crippen molar-refractivity contribution in [3.8, 4) is 0 Å². The van der Waals surface area contributed by atoms with E-state index in [1.807, 2.05) is 12.3 Å². The Balaban J connectivity index is 2.90. The number of nitrogens with one attached hydrogen (secondary N) is 2. The second-order valence-electron chi connectivity index (χ2n) is 6.54. The van der Waals surface area contributed by atoms with Gasteiger partial charge in [-0.1, -0.05) is 30.3 Å². The molecule has 1 aromatic rings. The first-order valence-electron chi connectivity index (χ1n) is 9.14. The number of aliphatic carboxylic acids is 1. The van der Waals surface area contributed by atoms with E-state index in [1.54, 1.807) is 36.0 Å². The third-order valence-corrected chi connectivity index (χ3v) is 4.82. The average molecular weight is 425 g/mol. The first kappa shape index (κ1) is 24.4. The highest BCUT2D eigenvalue weighted by molar-refractivity contribution is 7.98. The number of hydrogen-bond donors (Lipinski definition) is 5. The van der Waals surface area contributed by atoms with Crippen molar-refractivity contribution in [3.63, 3.8) is 0 Å². The van der Waals surface area contributed by atoms with Gasteiger partial charge in [-0.05, 0) is 30.4 Å². The molecule has 3 amide bonds. The van der Waals surface area contributed by atoms with Crippen molar-refractivity contribution in [1.29, 1.82) is 0 Å². The van der Waals surface area contributed by atoms with Gasteiger partial charge in [0.1, 0.15) is 12.1 Å². The number of hydrogen-bond acceptors (Lipinski definition) is 6.